The number of aromatic nitrogens is 2. The van der Waals surface area contributed by atoms with Crippen molar-refractivity contribution in [3.8, 4) is 5.69 Å². The van der Waals surface area contributed by atoms with Crippen molar-refractivity contribution in [3.63, 3.8) is 0 Å². The van der Waals surface area contributed by atoms with Crippen molar-refractivity contribution >= 4 is 11.6 Å². The predicted octanol–water partition coefficient (Wildman–Crippen LogP) is 7.09. The lowest BCUT2D eigenvalue weighted by Gasteiger charge is -2.35. The minimum atomic E-state index is 0.123. The van der Waals surface area contributed by atoms with Gasteiger partial charge in [-0.3, -0.25) is 9.80 Å². The van der Waals surface area contributed by atoms with Crippen molar-refractivity contribution in [2.24, 2.45) is 5.10 Å². The third kappa shape index (κ3) is 11.5. The van der Waals surface area contributed by atoms with E-state index >= 15 is 0 Å². The number of likely N-dealkylation sites (tertiary alicyclic amines) is 1. The molecule has 0 atom stereocenters. The molecule has 3 rings (SSSR count). The highest BCUT2D eigenvalue weighted by atomic mass is 16.2. The lowest BCUT2D eigenvalue weighted by atomic mass is 10.0. The highest BCUT2D eigenvalue weighted by Gasteiger charge is 2.23. The van der Waals surface area contributed by atoms with E-state index in [-0.39, 0.29) is 11.9 Å². The van der Waals surface area contributed by atoms with Crippen molar-refractivity contribution < 1.29 is 9.90 Å². The van der Waals surface area contributed by atoms with E-state index in [1.54, 1.807) is 19.2 Å². The van der Waals surface area contributed by atoms with Crippen LogP contribution in [0.3, 0.4) is 0 Å². The fourth-order valence-corrected chi connectivity index (χ4v) is 4.32. The second-order valence-electron chi connectivity index (χ2n) is 8.97. The van der Waals surface area contributed by atoms with Gasteiger partial charge in [0, 0.05) is 57.8 Å². The molecule has 8 heteroatoms. The Kier molecular flexibility index (Phi) is 17.0. The van der Waals surface area contributed by atoms with E-state index in [1.165, 1.54) is 0 Å². The lowest BCUT2D eigenvalue weighted by Crippen LogP contribution is -2.43. The first-order chi connectivity index (χ1) is 19.9. The molecule has 1 fully saturated rings. The Morgan fingerprint density at radius 2 is 1.73 bits per heavy atom. The first-order valence-electron chi connectivity index (χ1n) is 14.6. The molecule has 2 aromatic rings. The molecule has 1 aliphatic rings. The molecule has 1 aromatic carbocycles. The zero-order valence-electron chi connectivity index (χ0n) is 26.2. The molecule has 224 valence electrons. The molecule has 1 amide bonds. The fraction of sp³-hybridized carbons (Fsp3) is 0.424. The van der Waals surface area contributed by atoms with Crippen LogP contribution in [-0.2, 0) is 11.3 Å². The largest absolute Gasteiger partial charge is 0.516 e. The van der Waals surface area contributed by atoms with Crippen LogP contribution >= 0.6 is 0 Å². The Morgan fingerprint density at radius 1 is 1.07 bits per heavy atom. The number of rotatable bonds is 10. The Labute approximate surface area is 247 Å². The fourth-order valence-electron chi connectivity index (χ4n) is 4.32. The van der Waals surface area contributed by atoms with Crippen molar-refractivity contribution in [1.82, 2.24) is 24.6 Å². The van der Waals surface area contributed by atoms with Crippen LogP contribution in [0.2, 0.25) is 0 Å². The molecule has 0 saturated carbocycles. The first-order valence-corrected chi connectivity index (χ1v) is 14.6. The van der Waals surface area contributed by atoms with Crippen LogP contribution in [0, 0.1) is 0 Å². The summed E-state index contributed by atoms with van der Waals surface area (Å²) < 4.78 is 1.83. The number of aliphatic hydroxyl groups excluding tert-OH is 1. The summed E-state index contributed by atoms with van der Waals surface area (Å²) in [5.74, 6) is 0.123. The van der Waals surface area contributed by atoms with Gasteiger partial charge in [-0.15, -0.1) is 0 Å². The lowest BCUT2D eigenvalue weighted by molar-refractivity contribution is -0.130. The number of allylic oxidation sites excluding steroid dienone is 5. The number of aliphatic hydroxyl groups is 1. The van der Waals surface area contributed by atoms with Crippen LogP contribution in [0.25, 0.3) is 5.69 Å². The monoisotopic (exact) mass is 562 g/mol. The standard InChI is InChI=1S/C29H38N6O2.2C2H6/c1-5-8-29(31-32(4)27-13-19-34(20-14-27)24(3)37)26(15-21-36)23-33(17-6-2)22-25-9-11-28(12-10-25)35-18-7-16-30-35;2*1-2/h5-12,15-18,21,23,27,36H,13-14,19-20,22H2,1-4H3;2*1-2H3/b8-5+,17-6+,21-15-,26-23-,31-29-;;. The van der Waals surface area contributed by atoms with Crippen molar-refractivity contribution in [1.29, 1.82) is 0 Å². The minimum absolute atomic E-state index is 0.123. The van der Waals surface area contributed by atoms with Crippen molar-refractivity contribution in [3.05, 3.63) is 96.8 Å². The summed E-state index contributed by atoms with van der Waals surface area (Å²) in [5, 5.41) is 20.9. The maximum absolute atomic E-state index is 11.7. The maximum Gasteiger partial charge on any atom is 0.219 e. The Morgan fingerprint density at radius 3 is 2.24 bits per heavy atom. The number of carbonyl (C=O) groups excluding carboxylic acids is 1. The second kappa shape index (κ2) is 19.9. The average molecular weight is 563 g/mol. The van der Waals surface area contributed by atoms with Gasteiger partial charge < -0.3 is 14.9 Å². The molecule has 0 bridgehead atoms. The molecule has 0 spiro atoms. The molecule has 1 aromatic heterocycles. The Hall–Kier alpha value is -4.07. The van der Waals surface area contributed by atoms with Crippen LogP contribution in [0.4, 0.5) is 0 Å². The number of carbonyl (C=O) groups is 1. The van der Waals surface area contributed by atoms with Crippen LogP contribution in [0.15, 0.2) is 96.4 Å². The summed E-state index contributed by atoms with van der Waals surface area (Å²) in [5.41, 5.74) is 3.66. The molecule has 8 nitrogen and oxygen atoms in total. The van der Waals surface area contributed by atoms with Gasteiger partial charge in [-0.05, 0) is 68.8 Å². The average Bonchev–Trinajstić information content (AvgIpc) is 3.54. The van der Waals surface area contributed by atoms with Crippen molar-refractivity contribution in [2.75, 3.05) is 20.1 Å². The normalized spacial score (nSPS) is 14.6. The SMILES string of the molecule is C/C=C/C(=N/N(C)C1CCN(C(C)=O)CC1)C(/C=C\O)=C\N(/C=C/C)Cc1ccc(-n2cccn2)cc1.CC.CC. The first kappa shape index (κ1) is 35.0. The molecular formula is C33H50N6O2. The number of nitrogens with zero attached hydrogens (tertiary/aromatic N) is 6. The van der Waals surface area contributed by atoms with Gasteiger partial charge in [0.15, 0.2) is 0 Å². The van der Waals surface area contributed by atoms with Gasteiger partial charge in [0.25, 0.3) is 0 Å². The quantitative estimate of drug-likeness (QED) is 0.145. The van der Waals surface area contributed by atoms with Gasteiger partial charge in [0.1, 0.15) is 0 Å². The number of hydrogen-bond donors (Lipinski definition) is 1. The number of amides is 1. The predicted molar refractivity (Wildman–Crippen MR) is 172 cm³/mol. The number of hydrogen-bond acceptors (Lipinski definition) is 6. The van der Waals surface area contributed by atoms with E-state index < -0.39 is 0 Å². The summed E-state index contributed by atoms with van der Waals surface area (Å²) >= 11 is 0. The van der Waals surface area contributed by atoms with E-state index in [0.29, 0.717) is 6.54 Å². The third-order valence-electron chi connectivity index (χ3n) is 6.29. The van der Waals surface area contributed by atoms with E-state index in [2.05, 4.69) is 22.1 Å². The zero-order chi connectivity index (χ0) is 30.6. The summed E-state index contributed by atoms with van der Waals surface area (Å²) in [6.07, 6.45) is 18.0. The molecular weight excluding hydrogens is 512 g/mol. The van der Waals surface area contributed by atoms with Gasteiger partial charge in [-0.1, -0.05) is 52.0 Å². The van der Waals surface area contributed by atoms with Gasteiger partial charge in [0.2, 0.25) is 5.91 Å². The molecule has 0 unspecified atom stereocenters. The van der Waals surface area contributed by atoms with Crippen LogP contribution in [0.5, 0.6) is 0 Å². The van der Waals surface area contributed by atoms with Crippen LogP contribution < -0.4 is 0 Å². The highest BCUT2D eigenvalue weighted by molar-refractivity contribution is 6.10. The van der Waals surface area contributed by atoms with Gasteiger partial charge >= 0.3 is 0 Å². The molecule has 0 aliphatic carbocycles. The van der Waals surface area contributed by atoms with E-state index in [0.717, 1.165) is 54.7 Å². The number of benzene rings is 1. The maximum atomic E-state index is 11.7. The van der Waals surface area contributed by atoms with E-state index in [9.17, 15) is 9.90 Å². The minimum Gasteiger partial charge on any atom is -0.516 e. The molecule has 1 aliphatic heterocycles. The Balaban J connectivity index is 0.00000201. The summed E-state index contributed by atoms with van der Waals surface area (Å²) in [4.78, 5) is 15.6. The van der Waals surface area contributed by atoms with E-state index in [4.69, 9.17) is 5.10 Å². The number of hydrazone groups is 1. The smallest absolute Gasteiger partial charge is 0.219 e. The molecule has 1 N–H and O–H groups in total. The molecule has 2 heterocycles. The van der Waals surface area contributed by atoms with E-state index in [1.807, 2.05) is 118 Å². The van der Waals surface area contributed by atoms with Crippen LogP contribution in [-0.4, -0.2) is 67.5 Å². The summed E-state index contributed by atoms with van der Waals surface area (Å²) in [6.45, 7) is 15.7. The highest BCUT2D eigenvalue weighted by Crippen LogP contribution is 2.18. The van der Waals surface area contributed by atoms with Gasteiger partial charge in [-0.2, -0.15) is 10.2 Å². The molecule has 1 saturated heterocycles. The molecule has 0 radical (unpaired) electrons. The van der Waals surface area contributed by atoms with Gasteiger partial charge in [0.05, 0.1) is 23.7 Å². The zero-order valence-corrected chi connectivity index (χ0v) is 26.2. The van der Waals surface area contributed by atoms with Crippen molar-refractivity contribution in [2.45, 2.75) is 73.9 Å². The third-order valence-corrected chi connectivity index (χ3v) is 6.29. The Bertz CT molecular complexity index is 1140. The summed E-state index contributed by atoms with van der Waals surface area (Å²) in [6, 6.07) is 10.4. The summed E-state index contributed by atoms with van der Waals surface area (Å²) in [7, 11) is 1.97. The number of piperidine rings is 1. The topological polar surface area (TPSA) is 77.2 Å². The van der Waals surface area contributed by atoms with Gasteiger partial charge in [-0.25, -0.2) is 4.68 Å². The van der Waals surface area contributed by atoms with Crippen LogP contribution in [0.1, 0.15) is 66.9 Å². The second-order valence-corrected chi connectivity index (χ2v) is 8.97. The molecule has 41 heavy (non-hydrogen) atoms.